The molecule has 0 radical (unpaired) electrons. The molecule has 0 saturated heterocycles. The largest absolute Gasteiger partial charge is 0.458 e. The Morgan fingerprint density at radius 3 is 1.63 bits per heavy atom. The van der Waals surface area contributed by atoms with Gasteiger partial charge in [-0.3, -0.25) is 15.4 Å². The van der Waals surface area contributed by atoms with Gasteiger partial charge in [-0.2, -0.15) is 0 Å². The summed E-state index contributed by atoms with van der Waals surface area (Å²) in [6, 6.07) is 21.2. The molecule has 4 rings (SSSR count). The highest BCUT2D eigenvalue weighted by molar-refractivity contribution is 6.08. The molecule has 0 aromatic heterocycles. The molecule has 0 fully saturated rings. The molecule has 1 atom stereocenters. The van der Waals surface area contributed by atoms with Crippen molar-refractivity contribution in [3.63, 3.8) is 0 Å². The first kappa shape index (κ1) is 47.9. The Morgan fingerprint density at radius 1 is 0.581 bits per heavy atom. The zero-order valence-corrected chi connectivity index (χ0v) is 37.3. The van der Waals surface area contributed by atoms with Crippen LogP contribution < -0.4 is 20.7 Å². The van der Waals surface area contributed by atoms with Gasteiger partial charge >= 0.3 is 30.1 Å². The fourth-order valence-corrected chi connectivity index (χ4v) is 5.53. The topological polar surface area (TPSA) is 197 Å². The first-order chi connectivity index (χ1) is 28.6. The minimum Gasteiger partial charge on any atom is -0.458 e. The first-order valence-corrected chi connectivity index (χ1v) is 19.9. The van der Waals surface area contributed by atoms with E-state index in [2.05, 4.69) is 20.9 Å². The number of aliphatic imine (C=N–C) groups is 1. The van der Waals surface area contributed by atoms with Crippen molar-refractivity contribution in [3.8, 4) is 5.75 Å². The van der Waals surface area contributed by atoms with E-state index >= 15 is 0 Å². The van der Waals surface area contributed by atoms with Crippen molar-refractivity contribution in [2.45, 2.75) is 118 Å². The highest BCUT2D eigenvalue weighted by Gasteiger charge is 2.29. The molecule has 15 heteroatoms. The molecule has 15 nitrogen and oxygen atoms in total. The summed E-state index contributed by atoms with van der Waals surface area (Å²) in [7, 11) is 0. The molecule has 0 unspecified atom stereocenters. The fraction of sp³-hybridized carbons (Fsp3) is 0.383. The van der Waals surface area contributed by atoms with Gasteiger partial charge in [0, 0.05) is 12.0 Å². The van der Waals surface area contributed by atoms with Crippen molar-refractivity contribution < 1.29 is 52.5 Å². The lowest BCUT2D eigenvalue weighted by atomic mass is 10.0. The van der Waals surface area contributed by atoms with Gasteiger partial charge in [-0.05, 0) is 160 Å². The second-order valence-corrected chi connectivity index (χ2v) is 18.3. The van der Waals surface area contributed by atoms with Crippen LogP contribution in [0.1, 0.15) is 120 Å². The lowest BCUT2D eigenvalue weighted by Gasteiger charge is -2.25. The van der Waals surface area contributed by atoms with E-state index in [4.69, 9.17) is 23.7 Å². The smallest absolute Gasteiger partial charge is 0.414 e. The summed E-state index contributed by atoms with van der Waals surface area (Å²) in [5, 5.41) is 8.76. The summed E-state index contributed by atoms with van der Waals surface area (Å²) in [5.74, 6) is -2.39. The monoisotopic (exact) mass is 852 g/mol. The molecule has 0 bridgehead atoms. The first-order valence-electron chi connectivity index (χ1n) is 19.9. The Labute approximate surface area is 361 Å². The molecule has 3 N–H and O–H groups in total. The summed E-state index contributed by atoms with van der Waals surface area (Å²) in [6.45, 7) is 20.6. The molecule has 4 aromatic rings. The molecular weight excluding hydrogens is 797 g/mol. The number of guanidine groups is 1. The normalized spacial score (nSPS) is 12.3. The molecule has 0 heterocycles. The van der Waals surface area contributed by atoms with E-state index in [1.54, 1.807) is 144 Å². The van der Waals surface area contributed by atoms with Crippen molar-refractivity contribution in [1.29, 1.82) is 0 Å². The number of alkyl carbamates (subject to hydrolysis) is 2. The van der Waals surface area contributed by atoms with Gasteiger partial charge < -0.3 is 29.0 Å². The Balaban J connectivity index is 1.50. The predicted octanol–water partition coefficient (Wildman–Crippen LogP) is 8.73. The van der Waals surface area contributed by atoms with Gasteiger partial charge in [-0.25, -0.2) is 29.0 Å². The van der Waals surface area contributed by atoms with E-state index in [1.807, 2.05) is 0 Å². The number of carbonyl (C=O) groups is 6. The molecule has 0 aliphatic heterocycles. The molecule has 0 saturated carbocycles. The second kappa shape index (κ2) is 19.3. The number of amides is 3. The molecule has 4 aromatic carbocycles. The third-order valence-electron chi connectivity index (χ3n) is 7.91. The lowest BCUT2D eigenvalue weighted by molar-refractivity contribution is -0.157. The van der Waals surface area contributed by atoms with Crippen molar-refractivity contribution in [3.05, 3.63) is 107 Å². The molecule has 3 amide bonds. The number of fused-ring (bicyclic) bond motifs is 1. The molecule has 0 spiro atoms. The number of hydrogen-bond donors (Lipinski definition) is 3. The van der Waals surface area contributed by atoms with Crippen LogP contribution >= 0.6 is 0 Å². The van der Waals surface area contributed by atoms with Crippen molar-refractivity contribution in [1.82, 2.24) is 16.0 Å². The van der Waals surface area contributed by atoms with E-state index in [9.17, 15) is 28.8 Å². The van der Waals surface area contributed by atoms with Crippen LogP contribution in [0.15, 0.2) is 89.9 Å². The lowest BCUT2D eigenvalue weighted by Crippen LogP contribution is -2.47. The second-order valence-electron chi connectivity index (χ2n) is 18.3. The van der Waals surface area contributed by atoms with Crippen LogP contribution in [0, 0.1) is 0 Å². The third kappa shape index (κ3) is 15.7. The third-order valence-corrected chi connectivity index (χ3v) is 7.91. The molecule has 62 heavy (non-hydrogen) atoms. The van der Waals surface area contributed by atoms with E-state index in [-0.39, 0.29) is 34.9 Å². The molecule has 0 aliphatic carbocycles. The molecule has 330 valence electrons. The van der Waals surface area contributed by atoms with Gasteiger partial charge in [0.05, 0.1) is 16.8 Å². The number of hydrogen-bond acceptors (Lipinski definition) is 12. The number of rotatable bonds is 9. The maximum absolute atomic E-state index is 13.8. The van der Waals surface area contributed by atoms with E-state index in [0.717, 1.165) is 0 Å². The summed E-state index contributed by atoms with van der Waals surface area (Å²) >= 11 is 0. The summed E-state index contributed by atoms with van der Waals surface area (Å²) in [4.78, 5) is 82.3. The van der Waals surface area contributed by atoms with Crippen LogP contribution in [0.3, 0.4) is 0 Å². The summed E-state index contributed by atoms with van der Waals surface area (Å²) in [5.41, 5.74) is -1.39. The quantitative estimate of drug-likeness (QED) is 0.0479. The SMILES string of the molecule is CC(C)(C)OC(=O)NC(=Nc1ccc(C(=O)Oc2ccc3c(C(=O)N[C@@H](Cc4ccc(C(=O)OC(C)(C)C)cc4)C(=O)OC(C)(C)C)cccc3c2)cc1)NC(=O)OC(C)(C)C. The van der Waals surface area contributed by atoms with Crippen molar-refractivity contribution in [2.24, 2.45) is 4.99 Å². The standard InChI is InChI=1S/C47H56N4O11/c1-44(2,3)59-39(54)30-18-16-28(17-19-30)26-36(40(55)60-45(4,5)6)49-37(52)35-15-13-14-31-27-33(24-25-34(31)35)58-38(53)29-20-22-32(23-21-29)48-41(50-42(56)61-46(7,8)9)51-43(57)62-47(10,11)12/h13-25,27,36H,26H2,1-12H3,(H,49,52)(H2,48,50,51,56,57)/t36-/m0/s1. The Kier molecular flexibility index (Phi) is 14.9. The van der Waals surface area contributed by atoms with E-state index < -0.39 is 64.4 Å². The predicted molar refractivity (Wildman–Crippen MR) is 234 cm³/mol. The van der Waals surface area contributed by atoms with Gasteiger partial charge in [0.2, 0.25) is 5.96 Å². The Morgan fingerprint density at radius 2 is 1.10 bits per heavy atom. The molecule has 0 aliphatic rings. The zero-order chi connectivity index (χ0) is 46.2. The van der Waals surface area contributed by atoms with Crippen LogP contribution in [-0.2, 0) is 30.2 Å². The van der Waals surface area contributed by atoms with Gasteiger partial charge in [0.15, 0.2) is 0 Å². The highest BCUT2D eigenvalue weighted by atomic mass is 16.6. The van der Waals surface area contributed by atoms with Gasteiger partial charge in [0.1, 0.15) is 34.2 Å². The number of carbonyl (C=O) groups excluding carboxylic acids is 6. The van der Waals surface area contributed by atoms with Gasteiger partial charge in [0.25, 0.3) is 5.91 Å². The van der Waals surface area contributed by atoms with Gasteiger partial charge in [-0.1, -0.05) is 24.3 Å². The Hall–Kier alpha value is -6.77. The minimum absolute atomic E-state index is 0.0839. The van der Waals surface area contributed by atoms with E-state index in [1.165, 1.54) is 24.3 Å². The Bertz CT molecular complexity index is 2290. The molecular formula is C47H56N4O11. The summed E-state index contributed by atoms with van der Waals surface area (Å²) in [6.07, 6.45) is -1.64. The summed E-state index contributed by atoms with van der Waals surface area (Å²) < 4.78 is 27.3. The van der Waals surface area contributed by atoms with Crippen LogP contribution in [0.25, 0.3) is 10.8 Å². The number of esters is 3. The zero-order valence-electron chi connectivity index (χ0n) is 37.3. The average molecular weight is 853 g/mol. The number of ether oxygens (including phenoxy) is 5. The van der Waals surface area contributed by atoms with Crippen LogP contribution in [0.4, 0.5) is 15.3 Å². The number of nitrogens with one attached hydrogen (secondary N) is 3. The number of benzene rings is 4. The number of nitrogens with zero attached hydrogens (tertiary/aromatic N) is 1. The highest BCUT2D eigenvalue weighted by Crippen LogP contribution is 2.26. The maximum atomic E-state index is 13.8. The maximum Gasteiger partial charge on any atom is 0.414 e. The van der Waals surface area contributed by atoms with Crippen LogP contribution in [-0.4, -0.2) is 70.4 Å². The van der Waals surface area contributed by atoms with Crippen LogP contribution in [0.2, 0.25) is 0 Å². The van der Waals surface area contributed by atoms with Crippen molar-refractivity contribution >= 4 is 58.4 Å². The average Bonchev–Trinajstić information content (AvgIpc) is 3.11. The fourth-order valence-electron chi connectivity index (χ4n) is 5.53. The minimum atomic E-state index is -1.07. The van der Waals surface area contributed by atoms with E-state index in [0.29, 0.717) is 21.9 Å². The van der Waals surface area contributed by atoms with Crippen LogP contribution in [0.5, 0.6) is 5.75 Å². The van der Waals surface area contributed by atoms with Crippen molar-refractivity contribution in [2.75, 3.05) is 0 Å². The van der Waals surface area contributed by atoms with Gasteiger partial charge in [-0.15, -0.1) is 0 Å².